The second-order valence-electron chi connectivity index (χ2n) is 5.46. The molecule has 0 aliphatic heterocycles. The Bertz CT molecular complexity index is 473. The van der Waals surface area contributed by atoms with Crippen LogP contribution < -0.4 is 11.1 Å². The normalized spacial score (nSPS) is 16.6. The quantitative estimate of drug-likeness (QED) is 0.898. The first kappa shape index (κ1) is 16.9. The molecule has 0 saturated heterocycles. The number of nitrogens with one attached hydrogen (secondary N) is 1. The molecule has 0 radical (unpaired) electrons. The number of aryl methyl sites for hydroxylation is 1. The molecule has 0 spiro atoms. The van der Waals surface area contributed by atoms with Gasteiger partial charge in [0.05, 0.1) is 5.41 Å². The van der Waals surface area contributed by atoms with Crippen LogP contribution in [0.2, 0.25) is 0 Å². The van der Waals surface area contributed by atoms with Crippen molar-refractivity contribution >= 4 is 18.3 Å². The van der Waals surface area contributed by atoms with Crippen LogP contribution in [0.4, 0.5) is 4.39 Å². The zero-order chi connectivity index (χ0) is 13.9. The van der Waals surface area contributed by atoms with Gasteiger partial charge in [0.15, 0.2) is 0 Å². The lowest BCUT2D eigenvalue weighted by atomic mass is 9.85. The minimum atomic E-state index is -0.400. The molecule has 1 saturated carbocycles. The second-order valence-corrected chi connectivity index (χ2v) is 5.46. The van der Waals surface area contributed by atoms with E-state index in [-0.39, 0.29) is 24.1 Å². The third-order valence-corrected chi connectivity index (χ3v) is 4.12. The summed E-state index contributed by atoms with van der Waals surface area (Å²) in [5.74, 6) is -0.227. The fourth-order valence-corrected chi connectivity index (χ4v) is 2.69. The number of rotatable bonds is 4. The summed E-state index contributed by atoms with van der Waals surface area (Å²) in [4.78, 5) is 12.2. The molecule has 112 valence electrons. The summed E-state index contributed by atoms with van der Waals surface area (Å²) in [6, 6.07) is 5.03. The van der Waals surface area contributed by atoms with Gasteiger partial charge in [-0.15, -0.1) is 12.4 Å². The Morgan fingerprint density at radius 1 is 1.40 bits per heavy atom. The van der Waals surface area contributed by atoms with Crippen molar-refractivity contribution in [3.8, 4) is 0 Å². The van der Waals surface area contributed by atoms with Crippen LogP contribution in [0.1, 0.15) is 36.8 Å². The molecule has 1 aliphatic rings. The van der Waals surface area contributed by atoms with Crippen molar-refractivity contribution in [1.82, 2.24) is 5.32 Å². The summed E-state index contributed by atoms with van der Waals surface area (Å²) >= 11 is 0. The summed E-state index contributed by atoms with van der Waals surface area (Å²) in [5.41, 5.74) is 6.76. The maximum atomic E-state index is 13.4. The topological polar surface area (TPSA) is 55.1 Å². The summed E-state index contributed by atoms with van der Waals surface area (Å²) in [6.45, 7) is 2.47. The van der Waals surface area contributed by atoms with E-state index in [0.29, 0.717) is 18.7 Å². The van der Waals surface area contributed by atoms with Gasteiger partial charge in [-0.25, -0.2) is 4.39 Å². The van der Waals surface area contributed by atoms with Crippen molar-refractivity contribution in [2.75, 3.05) is 6.54 Å². The van der Waals surface area contributed by atoms with Crippen LogP contribution in [-0.4, -0.2) is 12.5 Å². The molecule has 5 heteroatoms. The van der Waals surface area contributed by atoms with E-state index in [2.05, 4.69) is 5.32 Å². The van der Waals surface area contributed by atoms with E-state index in [1.54, 1.807) is 13.0 Å². The molecule has 0 heterocycles. The molecular formula is C15H22ClFN2O. The third-order valence-electron chi connectivity index (χ3n) is 4.12. The lowest BCUT2D eigenvalue weighted by Crippen LogP contribution is -2.43. The van der Waals surface area contributed by atoms with Gasteiger partial charge in [-0.2, -0.15) is 0 Å². The molecule has 0 atom stereocenters. The highest BCUT2D eigenvalue weighted by atomic mass is 35.5. The standard InChI is InChI=1S/C15H21FN2O.ClH/c1-11-4-5-12(8-13(11)16)9-18-14(19)15(10-17)6-2-3-7-15;/h4-5,8H,2-3,6-7,9-10,17H2,1H3,(H,18,19);1H. The molecule has 2 rings (SSSR count). The van der Waals surface area contributed by atoms with E-state index in [1.165, 1.54) is 6.07 Å². The van der Waals surface area contributed by atoms with Crippen molar-refractivity contribution in [1.29, 1.82) is 0 Å². The maximum absolute atomic E-state index is 13.4. The highest BCUT2D eigenvalue weighted by molar-refractivity contribution is 5.85. The van der Waals surface area contributed by atoms with Crippen LogP contribution >= 0.6 is 12.4 Å². The minimum Gasteiger partial charge on any atom is -0.352 e. The van der Waals surface area contributed by atoms with Gasteiger partial charge in [-0.1, -0.05) is 25.0 Å². The summed E-state index contributed by atoms with van der Waals surface area (Å²) < 4.78 is 13.4. The van der Waals surface area contributed by atoms with E-state index < -0.39 is 5.41 Å². The van der Waals surface area contributed by atoms with Crippen molar-refractivity contribution in [2.45, 2.75) is 39.2 Å². The number of hydrogen-bond donors (Lipinski definition) is 2. The second kappa shape index (κ2) is 7.04. The largest absolute Gasteiger partial charge is 0.352 e. The van der Waals surface area contributed by atoms with Crippen LogP contribution in [0.15, 0.2) is 18.2 Å². The maximum Gasteiger partial charge on any atom is 0.227 e. The van der Waals surface area contributed by atoms with Gasteiger partial charge in [0.2, 0.25) is 5.91 Å². The average molecular weight is 301 g/mol. The molecule has 1 aromatic carbocycles. The van der Waals surface area contributed by atoms with E-state index in [9.17, 15) is 9.18 Å². The zero-order valence-electron chi connectivity index (χ0n) is 11.7. The lowest BCUT2D eigenvalue weighted by molar-refractivity contribution is -0.130. The first-order chi connectivity index (χ1) is 9.07. The number of halogens is 2. The van der Waals surface area contributed by atoms with Crippen LogP contribution in [0.25, 0.3) is 0 Å². The van der Waals surface area contributed by atoms with Gasteiger partial charge in [0.1, 0.15) is 5.82 Å². The van der Waals surface area contributed by atoms with Gasteiger partial charge < -0.3 is 11.1 Å². The molecule has 3 N–H and O–H groups in total. The Balaban J connectivity index is 0.00000200. The fraction of sp³-hybridized carbons (Fsp3) is 0.533. The number of carbonyl (C=O) groups excluding carboxylic acids is 1. The minimum absolute atomic E-state index is 0. The molecule has 0 aromatic heterocycles. The van der Waals surface area contributed by atoms with E-state index in [4.69, 9.17) is 5.73 Å². The predicted octanol–water partition coefficient (Wildman–Crippen LogP) is 2.69. The van der Waals surface area contributed by atoms with E-state index in [1.807, 2.05) is 6.07 Å². The molecule has 1 aliphatic carbocycles. The van der Waals surface area contributed by atoms with Crippen LogP contribution in [0.3, 0.4) is 0 Å². The molecule has 0 bridgehead atoms. The number of hydrogen-bond acceptors (Lipinski definition) is 2. The smallest absolute Gasteiger partial charge is 0.227 e. The van der Waals surface area contributed by atoms with Crippen LogP contribution in [0.5, 0.6) is 0 Å². The molecule has 3 nitrogen and oxygen atoms in total. The average Bonchev–Trinajstić information content (AvgIpc) is 2.90. The number of nitrogens with two attached hydrogens (primary N) is 1. The third kappa shape index (κ3) is 3.49. The van der Waals surface area contributed by atoms with E-state index >= 15 is 0 Å². The highest BCUT2D eigenvalue weighted by Crippen LogP contribution is 2.37. The van der Waals surface area contributed by atoms with Crippen LogP contribution in [0, 0.1) is 18.2 Å². The Kier molecular flexibility index (Phi) is 5.96. The van der Waals surface area contributed by atoms with Crippen molar-refractivity contribution in [3.63, 3.8) is 0 Å². The van der Waals surface area contributed by atoms with Gasteiger partial charge in [0, 0.05) is 13.1 Å². The Hall–Kier alpha value is -1.13. The fourth-order valence-electron chi connectivity index (χ4n) is 2.69. The monoisotopic (exact) mass is 300 g/mol. The highest BCUT2D eigenvalue weighted by Gasteiger charge is 2.39. The summed E-state index contributed by atoms with van der Waals surface area (Å²) in [7, 11) is 0. The van der Waals surface area contributed by atoms with Gasteiger partial charge in [-0.3, -0.25) is 4.79 Å². The van der Waals surface area contributed by atoms with Gasteiger partial charge >= 0.3 is 0 Å². The SMILES string of the molecule is Cc1ccc(CNC(=O)C2(CN)CCCC2)cc1F.Cl. The van der Waals surface area contributed by atoms with Crippen molar-refractivity contribution < 1.29 is 9.18 Å². The molecule has 1 amide bonds. The predicted molar refractivity (Wildman–Crippen MR) is 80.2 cm³/mol. The Morgan fingerprint density at radius 3 is 2.60 bits per heavy atom. The zero-order valence-corrected chi connectivity index (χ0v) is 12.6. The van der Waals surface area contributed by atoms with Gasteiger partial charge in [0.25, 0.3) is 0 Å². The first-order valence-electron chi connectivity index (χ1n) is 6.81. The molecule has 1 aromatic rings. The summed E-state index contributed by atoms with van der Waals surface area (Å²) in [6.07, 6.45) is 3.84. The first-order valence-corrected chi connectivity index (χ1v) is 6.81. The number of amides is 1. The molecule has 0 unspecified atom stereocenters. The van der Waals surface area contributed by atoms with Crippen molar-refractivity contribution in [3.05, 3.63) is 35.1 Å². The number of benzene rings is 1. The molecule has 1 fully saturated rings. The Labute approximate surface area is 125 Å². The van der Waals surface area contributed by atoms with E-state index in [0.717, 1.165) is 31.2 Å². The van der Waals surface area contributed by atoms with Gasteiger partial charge in [-0.05, 0) is 37.0 Å². The molecular weight excluding hydrogens is 279 g/mol. The Morgan fingerprint density at radius 2 is 2.05 bits per heavy atom. The lowest BCUT2D eigenvalue weighted by Gasteiger charge is -2.25. The summed E-state index contributed by atoms with van der Waals surface area (Å²) in [5, 5.41) is 2.89. The molecule has 20 heavy (non-hydrogen) atoms. The van der Waals surface area contributed by atoms with Crippen LogP contribution in [-0.2, 0) is 11.3 Å². The van der Waals surface area contributed by atoms with Crippen molar-refractivity contribution in [2.24, 2.45) is 11.1 Å². The number of carbonyl (C=O) groups is 1.